The van der Waals surface area contributed by atoms with Crippen LogP contribution in [-0.4, -0.2) is 23.3 Å². The molecule has 2 rings (SSSR count). The smallest absolute Gasteiger partial charge is 0.265 e. The lowest BCUT2D eigenvalue weighted by molar-refractivity contribution is -0.118. The van der Waals surface area contributed by atoms with Crippen LogP contribution in [0.1, 0.15) is 49.0 Å². The number of anilines is 1. The van der Waals surface area contributed by atoms with E-state index in [-0.39, 0.29) is 29.4 Å². The maximum absolute atomic E-state index is 12.1. The monoisotopic (exact) mass is 314 g/mol. The second-order valence-corrected chi connectivity index (χ2v) is 5.66. The van der Waals surface area contributed by atoms with E-state index in [0.29, 0.717) is 18.7 Å². The molecule has 7 heteroatoms. The van der Waals surface area contributed by atoms with E-state index in [1.165, 1.54) is 12.5 Å². The molecule has 6 nitrogen and oxygen atoms in total. The van der Waals surface area contributed by atoms with E-state index in [1.54, 1.807) is 6.20 Å². The largest absolute Gasteiger partial charge is 0.364 e. The highest BCUT2D eigenvalue weighted by atomic mass is 35.5. The van der Waals surface area contributed by atoms with Crippen LogP contribution in [0, 0.1) is 5.41 Å². The van der Waals surface area contributed by atoms with Gasteiger partial charge in [0.2, 0.25) is 5.91 Å². The maximum atomic E-state index is 12.1. The summed E-state index contributed by atoms with van der Waals surface area (Å²) in [5, 5.41) is 2.79. The fraction of sp³-hybridized carbons (Fsp3) is 0.571. The van der Waals surface area contributed by atoms with Crippen molar-refractivity contribution in [2.24, 2.45) is 16.9 Å². The molecule has 1 aromatic heterocycles. The third kappa shape index (κ3) is 4.47. The van der Waals surface area contributed by atoms with Gasteiger partial charge in [-0.1, -0.05) is 19.3 Å². The van der Waals surface area contributed by atoms with E-state index < -0.39 is 5.91 Å². The van der Waals surface area contributed by atoms with Gasteiger partial charge in [0, 0.05) is 12.6 Å². The van der Waals surface area contributed by atoms with Gasteiger partial charge < -0.3 is 21.8 Å². The molecule has 0 unspecified atom stereocenters. The number of nitrogens with two attached hydrogens (primary N) is 2. The standard InChI is InChI=1S/C14H22N4O2.ClH/c15-9-14(4-2-1-3-5-14)7-12(19)18-10-6-11(13(16)20)17-8-10;/h6,8,17H,1-5,7,9,15H2,(H2,16,20)(H,18,19);1H. The second-order valence-electron chi connectivity index (χ2n) is 5.66. The van der Waals surface area contributed by atoms with E-state index in [4.69, 9.17) is 11.5 Å². The predicted octanol–water partition coefficient (Wildman–Crippen LogP) is 1.77. The Hall–Kier alpha value is -1.53. The van der Waals surface area contributed by atoms with Crippen molar-refractivity contribution in [3.63, 3.8) is 0 Å². The molecular weight excluding hydrogens is 292 g/mol. The summed E-state index contributed by atoms with van der Waals surface area (Å²) < 4.78 is 0. The molecule has 1 saturated carbocycles. The number of aromatic nitrogens is 1. The van der Waals surface area contributed by atoms with E-state index in [0.717, 1.165) is 25.7 Å². The zero-order valence-corrected chi connectivity index (χ0v) is 12.8. The van der Waals surface area contributed by atoms with Gasteiger partial charge >= 0.3 is 0 Å². The molecule has 1 heterocycles. The fourth-order valence-corrected chi connectivity index (χ4v) is 2.91. The quantitative estimate of drug-likeness (QED) is 0.664. The number of halogens is 1. The van der Waals surface area contributed by atoms with E-state index >= 15 is 0 Å². The first-order valence-corrected chi connectivity index (χ1v) is 7.03. The van der Waals surface area contributed by atoms with Crippen molar-refractivity contribution < 1.29 is 9.59 Å². The van der Waals surface area contributed by atoms with Crippen molar-refractivity contribution in [3.05, 3.63) is 18.0 Å². The van der Waals surface area contributed by atoms with Gasteiger partial charge in [0.1, 0.15) is 5.69 Å². The van der Waals surface area contributed by atoms with Crippen LogP contribution in [-0.2, 0) is 4.79 Å². The average Bonchev–Trinajstić information content (AvgIpc) is 2.88. The van der Waals surface area contributed by atoms with Crippen LogP contribution in [0.3, 0.4) is 0 Å². The summed E-state index contributed by atoms with van der Waals surface area (Å²) in [6, 6.07) is 1.54. The molecule has 0 radical (unpaired) electrons. The molecule has 1 aliphatic rings. The zero-order valence-electron chi connectivity index (χ0n) is 12.0. The minimum absolute atomic E-state index is 0. The lowest BCUT2D eigenvalue weighted by Crippen LogP contribution is -2.36. The lowest BCUT2D eigenvalue weighted by atomic mass is 9.71. The number of aromatic amines is 1. The molecular formula is C14H23ClN4O2. The number of H-pyrrole nitrogens is 1. The first kappa shape index (κ1) is 17.5. The van der Waals surface area contributed by atoms with Crippen LogP contribution in [0.4, 0.5) is 5.69 Å². The SMILES string of the molecule is Cl.NCC1(CC(=O)Nc2c[nH]c(C(N)=O)c2)CCCCC1. The van der Waals surface area contributed by atoms with Crippen LogP contribution in [0.15, 0.2) is 12.3 Å². The summed E-state index contributed by atoms with van der Waals surface area (Å²) in [4.78, 5) is 25.8. The minimum Gasteiger partial charge on any atom is -0.364 e. The Labute approximate surface area is 130 Å². The average molecular weight is 315 g/mol. The summed E-state index contributed by atoms with van der Waals surface area (Å²) in [6.07, 6.45) is 7.52. The highest BCUT2D eigenvalue weighted by molar-refractivity contribution is 5.95. The summed E-state index contributed by atoms with van der Waals surface area (Å²) in [5.41, 5.74) is 11.8. The van der Waals surface area contributed by atoms with Gasteiger partial charge in [0.15, 0.2) is 0 Å². The molecule has 21 heavy (non-hydrogen) atoms. The summed E-state index contributed by atoms with van der Waals surface area (Å²) in [5.74, 6) is -0.608. The fourth-order valence-electron chi connectivity index (χ4n) is 2.91. The molecule has 0 spiro atoms. The van der Waals surface area contributed by atoms with Crippen molar-refractivity contribution in [1.82, 2.24) is 4.98 Å². The summed E-state index contributed by atoms with van der Waals surface area (Å²) >= 11 is 0. The molecule has 1 aromatic rings. The second kappa shape index (κ2) is 7.47. The van der Waals surface area contributed by atoms with Gasteiger partial charge in [0.25, 0.3) is 5.91 Å². The first-order valence-electron chi connectivity index (χ1n) is 7.03. The Morgan fingerprint density at radius 3 is 2.48 bits per heavy atom. The van der Waals surface area contributed by atoms with Crippen molar-refractivity contribution >= 4 is 29.9 Å². The topological polar surface area (TPSA) is 114 Å². The number of hydrogen-bond acceptors (Lipinski definition) is 3. The van der Waals surface area contributed by atoms with Crippen molar-refractivity contribution in [3.8, 4) is 0 Å². The van der Waals surface area contributed by atoms with Crippen LogP contribution < -0.4 is 16.8 Å². The van der Waals surface area contributed by atoms with Gasteiger partial charge in [0.05, 0.1) is 5.69 Å². The molecule has 0 aliphatic heterocycles. The number of rotatable bonds is 5. The molecule has 0 atom stereocenters. The van der Waals surface area contributed by atoms with Crippen LogP contribution in [0.25, 0.3) is 0 Å². The van der Waals surface area contributed by atoms with Crippen molar-refractivity contribution in [2.45, 2.75) is 38.5 Å². The van der Waals surface area contributed by atoms with E-state index in [9.17, 15) is 9.59 Å². The third-order valence-electron chi connectivity index (χ3n) is 4.12. The summed E-state index contributed by atoms with van der Waals surface area (Å²) in [6.45, 7) is 0.542. The Morgan fingerprint density at radius 2 is 1.95 bits per heavy atom. The van der Waals surface area contributed by atoms with Crippen molar-refractivity contribution in [1.29, 1.82) is 0 Å². The summed E-state index contributed by atoms with van der Waals surface area (Å²) in [7, 11) is 0. The Bertz CT molecular complexity index is 495. The molecule has 6 N–H and O–H groups in total. The Balaban J connectivity index is 0.00000220. The molecule has 1 fully saturated rings. The van der Waals surface area contributed by atoms with Crippen LogP contribution in [0.2, 0.25) is 0 Å². The third-order valence-corrected chi connectivity index (χ3v) is 4.12. The first-order chi connectivity index (χ1) is 9.54. The molecule has 0 bridgehead atoms. The number of hydrogen-bond donors (Lipinski definition) is 4. The van der Waals surface area contributed by atoms with E-state index in [1.807, 2.05) is 0 Å². The zero-order chi connectivity index (χ0) is 14.6. The van der Waals surface area contributed by atoms with Gasteiger partial charge in [-0.3, -0.25) is 9.59 Å². The highest BCUT2D eigenvalue weighted by Gasteiger charge is 2.32. The number of amides is 2. The maximum Gasteiger partial charge on any atom is 0.265 e. The number of carbonyl (C=O) groups excluding carboxylic acids is 2. The number of nitrogens with one attached hydrogen (secondary N) is 2. The van der Waals surface area contributed by atoms with Crippen LogP contribution >= 0.6 is 12.4 Å². The number of carbonyl (C=O) groups is 2. The van der Waals surface area contributed by atoms with Crippen LogP contribution in [0.5, 0.6) is 0 Å². The molecule has 2 amide bonds. The van der Waals surface area contributed by atoms with Gasteiger partial charge in [-0.2, -0.15) is 0 Å². The molecule has 118 valence electrons. The Morgan fingerprint density at radius 1 is 1.29 bits per heavy atom. The number of primary amides is 1. The van der Waals surface area contributed by atoms with Gasteiger partial charge in [-0.15, -0.1) is 12.4 Å². The molecule has 0 saturated heterocycles. The molecule has 0 aromatic carbocycles. The van der Waals surface area contributed by atoms with E-state index in [2.05, 4.69) is 10.3 Å². The van der Waals surface area contributed by atoms with Gasteiger partial charge in [-0.25, -0.2) is 0 Å². The highest BCUT2D eigenvalue weighted by Crippen LogP contribution is 2.38. The minimum atomic E-state index is -0.545. The van der Waals surface area contributed by atoms with Crippen molar-refractivity contribution in [2.75, 3.05) is 11.9 Å². The molecule has 1 aliphatic carbocycles. The lowest BCUT2D eigenvalue weighted by Gasteiger charge is -2.35. The normalized spacial score (nSPS) is 16.8. The predicted molar refractivity (Wildman–Crippen MR) is 84.4 cm³/mol. The van der Waals surface area contributed by atoms with Gasteiger partial charge in [-0.05, 0) is 30.9 Å². The Kier molecular flexibility index (Phi) is 6.23.